The minimum absolute atomic E-state index is 0.854. The molecule has 1 heterocycles. The van der Waals surface area contributed by atoms with Gasteiger partial charge in [-0.05, 0) is 57.2 Å². The van der Waals surface area contributed by atoms with Crippen LogP contribution in [0.15, 0.2) is 18.2 Å². The molecule has 1 aliphatic rings. The highest BCUT2D eigenvalue weighted by atomic mass is 32.1. The van der Waals surface area contributed by atoms with Crippen LogP contribution in [0.3, 0.4) is 0 Å². The third-order valence-electron chi connectivity index (χ3n) is 3.72. The largest absolute Gasteiger partial charge is 0.348 e. The number of rotatable bonds is 1. The Hall–Kier alpha value is -1.13. The normalized spacial score (nSPS) is 17.1. The summed E-state index contributed by atoms with van der Waals surface area (Å²) in [7, 11) is 2.17. The topological polar surface area (TPSA) is 18.5 Å². The Bertz CT molecular complexity index is 438. The predicted octanol–water partition coefficient (Wildman–Crippen LogP) is 2.64. The fourth-order valence-corrected chi connectivity index (χ4v) is 2.73. The molecule has 0 bridgehead atoms. The molecule has 1 fully saturated rings. The van der Waals surface area contributed by atoms with E-state index in [4.69, 9.17) is 12.2 Å². The van der Waals surface area contributed by atoms with Crippen LogP contribution in [0.5, 0.6) is 0 Å². The second-order valence-corrected chi connectivity index (χ2v) is 5.73. The van der Waals surface area contributed by atoms with E-state index in [0.29, 0.717) is 0 Å². The van der Waals surface area contributed by atoms with Gasteiger partial charge in [0.05, 0.1) is 0 Å². The first-order chi connectivity index (χ1) is 9.08. The molecule has 1 N–H and O–H groups in total. The van der Waals surface area contributed by atoms with Crippen molar-refractivity contribution < 1.29 is 0 Å². The molecular formula is C15H23N3S. The Kier molecular flexibility index (Phi) is 4.77. The second kappa shape index (κ2) is 6.35. The number of para-hydroxylation sites is 1. The molecule has 1 saturated heterocycles. The average Bonchev–Trinajstić information content (AvgIpc) is 2.59. The summed E-state index contributed by atoms with van der Waals surface area (Å²) in [6, 6.07) is 6.32. The van der Waals surface area contributed by atoms with Crippen molar-refractivity contribution in [2.45, 2.75) is 20.3 Å². The first kappa shape index (κ1) is 14.3. The van der Waals surface area contributed by atoms with E-state index in [0.717, 1.165) is 37.0 Å². The highest BCUT2D eigenvalue weighted by Gasteiger charge is 2.15. The molecule has 1 aliphatic heterocycles. The molecule has 0 unspecified atom stereocenters. The third kappa shape index (κ3) is 3.67. The van der Waals surface area contributed by atoms with Crippen molar-refractivity contribution in [3.05, 3.63) is 29.3 Å². The summed E-state index contributed by atoms with van der Waals surface area (Å²) in [6.45, 7) is 8.52. The molecule has 19 heavy (non-hydrogen) atoms. The monoisotopic (exact) mass is 277 g/mol. The standard InChI is InChI=1S/C15H23N3S/c1-12-6-4-7-13(2)14(12)16-15(19)18-9-5-8-17(3)10-11-18/h4,6-7H,5,8-11H2,1-3H3,(H,16,19). The SMILES string of the molecule is Cc1cccc(C)c1NC(=S)N1CCCN(C)CC1. The fraction of sp³-hybridized carbons (Fsp3) is 0.533. The summed E-state index contributed by atoms with van der Waals surface area (Å²) < 4.78 is 0. The summed E-state index contributed by atoms with van der Waals surface area (Å²) >= 11 is 5.57. The summed E-state index contributed by atoms with van der Waals surface area (Å²) in [4.78, 5) is 4.65. The van der Waals surface area contributed by atoms with Crippen molar-refractivity contribution in [2.24, 2.45) is 0 Å². The Balaban J connectivity index is 2.04. The van der Waals surface area contributed by atoms with Crippen LogP contribution >= 0.6 is 12.2 Å². The van der Waals surface area contributed by atoms with Crippen molar-refractivity contribution in [3.8, 4) is 0 Å². The first-order valence-corrected chi connectivity index (χ1v) is 7.29. The fourth-order valence-electron chi connectivity index (χ4n) is 2.45. The van der Waals surface area contributed by atoms with Gasteiger partial charge in [-0.15, -0.1) is 0 Å². The molecule has 4 heteroatoms. The highest BCUT2D eigenvalue weighted by Crippen LogP contribution is 2.20. The van der Waals surface area contributed by atoms with Gasteiger partial charge >= 0.3 is 0 Å². The summed E-state index contributed by atoms with van der Waals surface area (Å²) in [5.74, 6) is 0. The molecule has 1 aromatic carbocycles. The maximum Gasteiger partial charge on any atom is 0.173 e. The first-order valence-electron chi connectivity index (χ1n) is 6.88. The number of nitrogens with zero attached hydrogens (tertiary/aromatic N) is 2. The Morgan fingerprint density at radius 3 is 2.47 bits per heavy atom. The van der Waals surface area contributed by atoms with Crippen LogP contribution in [0, 0.1) is 13.8 Å². The van der Waals surface area contributed by atoms with Crippen LogP contribution in [-0.2, 0) is 0 Å². The van der Waals surface area contributed by atoms with E-state index in [9.17, 15) is 0 Å². The highest BCUT2D eigenvalue weighted by molar-refractivity contribution is 7.80. The maximum atomic E-state index is 5.57. The van der Waals surface area contributed by atoms with Crippen LogP contribution in [0.1, 0.15) is 17.5 Å². The molecule has 0 aliphatic carbocycles. The van der Waals surface area contributed by atoms with Gasteiger partial charge < -0.3 is 15.1 Å². The van der Waals surface area contributed by atoms with E-state index in [-0.39, 0.29) is 0 Å². The van der Waals surface area contributed by atoms with Crippen molar-refractivity contribution in [1.82, 2.24) is 9.80 Å². The van der Waals surface area contributed by atoms with Crippen LogP contribution in [-0.4, -0.2) is 48.1 Å². The zero-order valence-corrected chi connectivity index (χ0v) is 12.9. The number of hydrogen-bond acceptors (Lipinski definition) is 2. The van der Waals surface area contributed by atoms with Crippen LogP contribution in [0.2, 0.25) is 0 Å². The van der Waals surface area contributed by atoms with E-state index in [1.165, 1.54) is 17.5 Å². The molecule has 0 radical (unpaired) electrons. The van der Waals surface area contributed by atoms with Crippen molar-refractivity contribution in [1.29, 1.82) is 0 Å². The second-order valence-electron chi connectivity index (χ2n) is 5.34. The van der Waals surface area contributed by atoms with Gasteiger partial charge in [0.1, 0.15) is 0 Å². The maximum absolute atomic E-state index is 5.57. The molecule has 0 aromatic heterocycles. The van der Waals surface area contributed by atoms with Gasteiger partial charge in [0, 0.05) is 25.3 Å². The number of nitrogens with one attached hydrogen (secondary N) is 1. The number of anilines is 1. The van der Waals surface area contributed by atoms with Crippen LogP contribution in [0.4, 0.5) is 5.69 Å². The van der Waals surface area contributed by atoms with Gasteiger partial charge in [0.25, 0.3) is 0 Å². The van der Waals surface area contributed by atoms with Crippen molar-refractivity contribution in [3.63, 3.8) is 0 Å². The third-order valence-corrected chi connectivity index (χ3v) is 4.08. The van der Waals surface area contributed by atoms with Crippen molar-refractivity contribution >= 4 is 23.0 Å². The van der Waals surface area contributed by atoms with E-state index in [1.54, 1.807) is 0 Å². The van der Waals surface area contributed by atoms with Gasteiger partial charge in [0.2, 0.25) is 0 Å². The Morgan fingerprint density at radius 1 is 1.11 bits per heavy atom. The molecule has 1 aromatic rings. The average molecular weight is 277 g/mol. The predicted molar refractivity (Wildman–Crippen MR) is 85.8 cm³/mol. The zero-order valence-electron chi connectivity index (χ0n) is 12.1. The molecule has 2 rings (SSSR count). The number of likely N-dealkylation sites (N-methyl/N-ethyl adjacent to an activating group) is 1. The van der Waals surface area contributed by atoms with Gasteiger partial charge in [-0.3, -0.25) is 0 Å². The number of aryl methyl sites for hydroxylation is 2. The molecule has 3 nitrogen and oxygen atoms in total. The minimum atomic E-state index is 0.854. The molecule has 0 amide bonds. The summed E-state index contributed by atoms with van der Waals surface area (Å²) in [5, 5.41) is 4.28. The number of hydrogen-bond donors (Lipinski definition) is 1. The molecule has 0 atom stereocenters. The molecule has 0 spiro atoms. The van der Waals surface area contributed by atoms with Gasteiger partial charge in [-0.2, -0.15) is 0 Å². The molecule has 0 saturated carbocycles. The van der Waals surface area contributed by atoms with Crippen LogP contribution in [0.25, 0.3) is 0 Å². The Labute approximate surface area is 121 Å². The van der Waals surface area contributed by atoms with E-state index < -0.39 is 0 Å². The van der Waals surface area contributed by atoms with E-state index >= 15 is 0 Å². The van der Waals surface area contributed by atoms with E-state index in [2.05, 4.69) is 54.2 Å². The lowest BCUT2D eigenvalue weighted by atomic mass is 10.1. The lowest BCUT2D eigenvalue weighted by molar-refractivity contribution is 0.347. The van der Waals surface area contributed by atoms with Crippen LogP contribution < -0.4 is 5.32 Å². The Morgan fingerprint density at radius 2 is 1.79 bits per heavy atom. The molecular weight excluding hydrogens is 254 g/mol. The minimum Gasteiger partial charge on any atom is -0.348 e. The van der Waals surface area contributed by atoms with Crippen molar-refractivity contribution in [2.75, 3.05) is 38.5 Å². The molecule has 104 valence electrons. The smallest absolute Gasteiger partial charge is 0.173 e. The number of thiocarbonyl (C=S) groups is 1. The lowest BCUT2D eigenvalue weighted by Gasteiger charge is -2.25. The van der Waals surface area contributed by atoms with E-state index in [1.807, 2.05) is 0 Å². The lowest BCUT2D eigenvalue weighted by Crippen LogP contribution is -2.37. The quantitative estimate of drug-likeness (QED) is 0.795. The van der Waals surface area contributed by atoms with Gasteiger partial charge in [-0.1, -0.05) is 18.2 Å². The zero-order chi connectivity index (χ0) is 13.8. The summed E-state index contributed by atoms with van der Waals surface area (Å²) in [6.07, 6.45) is 1.17. The van der Waals surface area contributed by atoms with Gasteiger partial charge in [-0.25, -0.2) is 0 Å². The summed E-state index contributed by atoms with van der Waals surface area (Å²) in [5.41, 5.74) is 3.65. The number of benzene rings is 1. The van der Waals surface area contributed by atoms with Gasteiger partial charge in [0.15, 0.2) is 5.11 Å².